The fourth-order valence-corrected chi connectivity index (χ4v) is 4.78. The lowest BCUT2D eigenvalue weighted by molar-refractivity contribution is 0.0757. The predicted octanol–water partition coefficient (Wildman–Crippen LogP) is 4.12. The summed E-state index contributed by atoms with van der Waals surface area (Å²) in [7, 11) is 0. The Balaban J connectivity index is 1.28. The number of benzene rings is 2. The first-order valence-electron chi connectivity index (χ1n) is 9.90. The van der Waals surface area contributed by atoms with Gasteiger partial charge in [-0.05, 0) is 42.9 Å². The molecule has 0 amide bonds. The van der Waals surface area contributed by atoms with Crippen LogP contribution in [-0.2, 0) is 0 Å². The molecule has 3 heterocycles. The van der Waals surface area contributed by atoms with Crippen LogP contribution in [0.4, 0.5) is 5.69 Å². The van der Waals surface area contributed by atoms with Crippen molar-refractivity contribution in [3.8, 4) is 11.3 Å². The quantitative estimate of drug-likeness (QED) is 0.762. The summed E-state index contributed by atoms with van der Waals surface area (Å²) in [5, 5.41) is 11.0. The van der Waals surface area contributed by atoms with Crippen LogP contribution in [0.3, 0.4) is 0 Å². The third-order valence-corrected chi connectivity index (χ3v) is 6.27. The Hall–Kier alpha value is -2.59. The van der Waals surface area contributed by atoms with Crippen LogP contribution in [-0.4, -0.2) is 33.9 Å². The van der Waals surface area contributed by atoms with Crippen LogP contribution in [0, 0.1) is 5.92 Å². The van der Waals surface area contributed by atoms with E-state index in [0.29, 0.717) is 5.92 Å². The molecule has 1 N–H and O–H groups in total. The van der Waals surface area contributed by atoms with Crippen molar-refractivity contribution in [2.75, 3.05) is 18.0 Å². The van der Waals surface area contributed by atoms with Gasteiger partial charge in [-0.2, -0.15) is 0 Å². The molecule has 2 atom stereocenters. The molecule has 1 saturated heterocycles. The Bertz CT molecular complexity index is 912. The monoisotopic (exact) mass is 359 g/mol. The standard InChI is InChI=1S/C23H25N3O/c27-23(17-10-12-25(13-11-17)18-6-2-1-3-7-18)14-21-19-8-4-5-9-20(19)22-15-24-16-26(21)22/h1-9,15-17,21,23,27H,10-14H2/t21-,23+/m0/s1. The van der Waals surface area contributed by atoms with Gasteiger partial charge in [0.1, 0.15) is 0 Å². The highest BCUT2D eigenvalue weighted by molar-refractivity contribution is 5.68. The molecule has 2 aromatic carbocycles. The van der Waals surface area contributed by atoms with E-state index >= 15 is 0 Å². The second-order valence-corrected chi connectivity index (χ2v) is 7.75. The Morgan fingerprint density at radius 2 is 1.74 bits per heavy atom. The van der Waals surface area contributed by atoms with Gasteiger partial charge in [0.25, 0.3) is 0 Å². The van der Waals surface area contributed by atoms with E-state index in [4.69, 9.17) is 0 Å². The lowest BCUT2D eigenvalue weighted by Gasteiger charge is -2.36. The van der Waals surface area contributed by atoms with Crippen molar-refractivity contribution in [1.82, 2.24) is 9.55 Å². The van der Waals surface area contributed by atoms with Crippen molar-refractivity contribution in [3.63, 3.8) is 0 Å². The van der Waals surface area contributed by atoms with Crippen LogP contribution in [0.25, 0.3) is 11.3 Å². The van der Waals surface area contributed by atoms with Crippen LogP contribution < -0.4 is 4.90 Å². The number of hydrogen-bond donors (Lipinski definition) is 1. The van der Waals surface area contributed by atoms with Gasteiger partial charge in [0.05, 0.1) is 30.4 Å². The lowest BCUT2D eigenvalue weighted by Crippen LogP contribution is -2.38. The normalized spacial score (nSPS) is 20.3. The molecule has 2 aliphatic heterocycles. The van der Waals surface area contributed by atoms with E-state index in [1.54, 1.807) is 0 Å². The maximum absolute atomic E-state index is 11.0. The molecule has 0 spiro atoms. The molecule has 138 valence electrons. The maximum Gasteiger partial charge on any atom is 0.0956 e. The number of aromatic nitrogens is 2. The molecule has 27 heavy (non-hydrogen) atoms. The minimum atomic E-state index is -0.283. The summed E-state index contributed by atoms with van der Waals surface area (Å²) >= 11 is 0. The average Bonchev–Trinajstić information content (AvgIpc) is 3.32. The van der Waals surface area contributed by atoms with Crippen molar-refractivity contribution in [2.45, 2.75) is 31.4 Å². The molecule has 0 saturated carbocycles. The zero-order chi connectivity index (χ0) is 18.2. The number of piperidine rings is 1. The molecule has 0 radical (unpaired) electrons. The highest BCUT2D eigenvalue weighted by Crippen LogP contribution is 2.42. The smallest absolute Gasteiger partial charge is 0.0956 e. The number of rotatable bonds is 4. The van der Waals surface area contributed by atoms with Crippen LogP contribution in [0.2, 0.25) is 0 Å². The Morgan fingerprint density at radius 1 is 1.00 bits per heavy atom. The number of hydrogen-bond acceptors (Lipinski definition) is 3. The molecule has 1 fully saturated rings. The van der Waals surface area contributed by atoms with E-state index in [9.17, 15) is 5.11 Å². The molecular formula is C23H25N3O. The molecule has 0 unspecified atom stereocenters. The van der Waals surface area contributed by atoms with Gasteiger partial charge in [-0.3, -0.25) is 0 Å². The van der Waals surface area contributed by atoms with Crippen LogP contribution >= 0.6 is 0 Å². The largest absolute Gasteiger partial charge is 0.393 e. The first-order chi connectivity index (χ1) is 13.3. The van der Waals surface area contributed by atoms with E-state index in [1.165, 1.54) is 22.5 Å². The third-order valence-electron chi connectivity index (χ3n) is 6.27. The molecule has 3 aromatic rings. The number of imidazole rings is 1. The van der Waals surface area contributed by atoms with Crippen molar-refractivity contribution in [2.24, 2.45) is 5.92 Å². The van der Waals surface area contributed by atoms with Crippen LogP contribution in [0.5, 0.6) is 0 Å². The fourth-order valence-electron chi connectivity index (χ4n) is 4.78. The van der Waals surface area contributed by atoms with Gasteiger partial charge in [-0.1, -0.05) is 42.5 Å². The summed E-state index contributed by atoms with van der Waals surface area (Å²) in [5.41, 5.74) is 5.03. The van der Waals surface area contributed by atoms with Gasteiger partial charge in [-0.15, -0.1) is 0 Å². The van der Waals surface area contributed by atoms with E-state index in [2.05, 4.69) is 69.0 Å². The van der Waals surface area contributed by atoms with E-state index < -0.39 is 0 Å². The van der Waals surface area contributed by atoms with E-state index in [0.717, 1.165) is 32.4 Å². The number of anilines is 1. The molecule has 5 rings (SSSR count). The van der Waals surface area contributed by atoms with Crippen molar-refractivity contribution in [1.29, 1.82) is 0 Å². The fraction of sp³-hybridized carbons (Fsp3) is 0.348. The molecule has 1 aromatic heterocycles. The molecule has 4 heteroatoms. The van der Waals surface area contributed by atoms with E-state index in [1.807, 2.05) is 12.5 Å². The third kappa shape index (κ3) is 2.94. The van der Waals surface area contributed by atoms with Gasteiger partial charge in [0.2, 0.25) is 0 Å². The zero-order valence-corrected chi connectivity index (χ0v) is 15.4. The van der Waals surface area contributed by atoms with Gasteiger partial charge in [-0.25, -0.2) is 4.98 Å². The van der Waals surface area contributed by atoms with Crippen LogP contribution in [0.15, 0.2) is 67.1 Å². The number of aliphatic hydroxyl groups is 1. The molecule has 2 aliphatic rings. The van der Waals surface area contributed by atoms with Crippen LogP contribution in [0.1, 0.15) is 30.9 Å². The second-order valence-electron chi connectivity index (χ2n) is 7.75. The summed E-state index contributed by atoms with van der Waals surface area (Å²) < 4.78 is 2.23. The summed E-state index contributed by atoms with van der Waals surface area (Å²) in [6.45, 7) is 2.03. The number of nitrogens with zero attached hydrogens (tertiary/aromatic N) is 3. The van der Waals surface area contributed by atoms with Gasteiger partial charge in [0.15, 0.2) is 0 Å². The lowest BCUT2D eigenvalue weighted by atomic mass is 9.86. The topological polar surface area (TPSA) is 41.3 Å². The summed E-state index contributed by atoms with van der Waals surface area (Å²) in [4.78, 5) is 6.76. The van der Waals surface area contributed by atoms with Gasteiger partial charge in [0, 0.05) is 24.3 Å². The van der Waals surface area contributed by atoms with Crippen molar-refractivity contribution in [3.05, 3.63) is 72.7 Å². The average molecular weight is 359 g/mol. The highest BCUT2D eigenvalue weighted by atomic mass is 16.3. The van der Waals surface area contributed by atoms with Crippen molar-refractivity contribution >= 4 is 5.69 Å². The Morgan fingerprint density at radius 3 is 2.56 bits per heavy atom. The summed E-state index contributed by atoms with van der Waals surface area (Å²) in [5.74, 6) is 0.365. The predicted molar refractivity (Wildman–Crippen MR) is 108 cm³/mol. The highest BCUT2D eigenvalue weighted by Gasteiger charge is 2.33. The van der Waals surface area contributed by atoms with E-state index in [-0.39, 0.29) is 12.1 Å². The first kappa shape index (κ1) is 16.6. The minimum Gasteiger partial charge on any atom is -0.393 e. The summed E-state index contributed by atoms with van der Waals surface area (Å²) in [6.07, 6.45) is 6.40. The second kappa shape index (κ2) is 6.86. The SMILES string of the molecule is O[C@H](C[C@H]1c2ccccc2-c2cncn21)C1CCN(c2ccccc2)CC1. The van der Waals surface area contributed by atoms with Gasteiger partial charge < -0.3 is 14.6 Å². The number of fused-ring (bicyclic) bond motifs is 3. The zero-order valence-electron chi connectivity index (χ0n) is 15.4. The molecule has 4 nitrogen and oxygen atoms in total. The first-order valence-corrected chi connectivity index (χ1v) is 9.90. The molecule has 0 bridgehead atoms. The Kier molecular flexibility index (Phi) is 4.21. The van der Waals surface area contributed by atoms with Gasteiger partial charge >= 0.3 is 0 Å². The molecule has 0 aliphatic carbocycles. The minimum absolute atomic E-state index is 0.195. The van der Waals surface area contributed by atoms with Crippen molar-refractivity contribution < 1.29 is 5.11 Å². The number of aliphatic hydroxyl groups excluding tert-OH is 1. The number of para-hydroxylation sites is 1. The Labute approximate surface area is 160 Å². The summed E-state index contributed by atoms with van der Waals surface area (Å²) in [6, 6.07) is 19.3. The maximum atomic E-state index is 11.0. The molecular weight excluding hydrogens is 334 g/mol.